The lowest BCUT2D eigenvalue weighted by molar-refractivity contribution is -0.122. The molecule has 1 aromatic rings. The molecular formula is C18H27NO3. The van der Waals surface area contributed by atoms with E-state index in [1.165, 1.54) is 5.56 Å². The lowest BCUT2D eigenvalue weighted by Crippen LogP contribution is -2.29. The Bertz CT molecular complexity index is 450. The van der Waals surface area contributed by atoms with E-state index < -0.39 is 0 Å². The molecule has 4 heteroatoms. The average Bonchev–Trinajstić information content (AvgIpc) is 2.56. The summed E-state index contributed by atoms with van der Waals surface area (Å²) < 4.78 is 5.36. The Hall–Kier alpha value is -1.39. The third-order valence-corrected chi connectivity index (χ3v) is 4.54. The van der Waals surface area contributed by atoms with Crippen LogP contribution in [0.3, 0.4) is 0 Å². The van der Waals surface area contributed by atoms with Crippen molar-refractivity contribution in [2.45, 2.75) is 51.2 Å². The minimum atomic E-state index is 0.0718. The van der Waals surface area contributed by atoms with E-state index in [1.807, 2.05) is 24.3 Å². The van der Waals surface area contributed by atoms with E-state index in [4.69, 9.17) is 9.84 Å². The molecule has 1 aliphatic carbocycles. The molecule has 1 aromatic carbocycles. The van der Waals surface area contributed by atoms with Crippen molar-refractivity contribution < 1.29 is 14.6 Å². The number of hydrogen-bond donors (Lipinski definition) is 2. The first-order valence-electron chi connectivity index (χ1n) is 8.19. The number of aliphatic hydroxyl groups excluding tert-OH is 1. The van der Waals surface area contributed by atoms with Crippen LogP contribution in [0.2, 0.25) is 0 Å². The van der Waals surface area contributed by atoms with Crippen molar-refractivity contribution in [3.63, 3.8) is 0 Å². The van der Waals surface area contributed by atoms with Crippen molar-refractivity contribution >= 4 is 5.91 Å². The SMILES string of the molecule is COC1CCC(CC(=O)NCCc2ccc(CO)cc2)CC1. The van der Waals surface area contributed by atoms with Crippen molar-refractivity contribution in [3.05, 3.63) is 35.4 Å². The molecule has 0 atom stereocenters. The number of ether oxygens (including phenoxy) is 1. The van der Waals surface area contributed by atoms with Crippen LogP contribution in [0.4, 0.5) is 0 Å². The molecule has 0 radical (unpaired) electrons. The molecule has 1 fully saturated rings. The Kier molecular flexibility index (Phi) is 6.87. The summed E-state index contributed by atoms with van der Waals surface area (Å²) in [4.78, 5) is 12.0. The van der Waals surface area contributed by atoms with Crippen LogP contribution in [-0.2, 0) is 22.6 Å². The monoisotopic (exact) mass is 305 g/mol. The first-order chi connectivity index (χ1) is 10.7. The molecule has 0 aliphatic heterocycles. The molecule has 122 valence electrons. The summed E-state index contributed by atoms with van der Waals surface area (Å²) >= 11 is 0. The van der Waals surface area contributed by atoms with Crippen molar-refractivity contribution in [3.8, 4) is 0 Å². The van der Waals surface area contributed by atoms with Crippen molar-refractivity contribution in [1.82, 2.24) is 5.32 Å². The quantitative estimate of drug-likeness (QED) is 0.813. The van der Waals surface area contributed by atoms with E-state index in [0.29, 0.717) is 25.0 Å². The Balaban J connectivity index is 1.63. The standard InChI is InChI=1S/C18H27NO3/c1-22-17-8-6-15(7-9-17)12-18(21)19-11-10-14-2-4-16(13-20)5-3-14/h2-5,15,17,20H,6-13H2,1H3,(H,19,21). The number of aliphatic hydroxyl groups is 1. The van der Waals surface area contributed by atoms with Gasteiger partial charge in [0, 0.05) is 20.1 Å². The van der Waals surface area contributed by atoms with Gasteiger partial charge in [-0.05, 0) is 49.1 Å². The van der Waals surface area contributed by atoms with Crippen LogP contribution in [-0.4, -0.2) is 30.8 Å². The number of amides is 1. The van der Waals surface area contributed by atoms with Gasteiger partial charge in [-0.2, -0.15) is 0 Å². The molecule has 22 heavy (non-hydrogen) atoms. The highest BCUT2D eigenvalue weighted by Crippen LogP contribution is 2.28. The number of carbonyl (C=O) groups is 1. The maximum Gasteiger partial charge on any atom is 0.220 e. The molecule has 0 unspecified atom stereocenters. The summed E-state index contributed by atoms with van der Waals surface area (Å²) in [6.45, 7) is 0.743. The van der Waals surface area contributed by atoms with Gasteiger partial charge in [0.1, 0.15) is 0 Å². The molecule has 0 saturated heterocycles. The van der Waals surface area contributed by atoms with Gasteiger partial charge in [-0.3, -0.25) is 4.79 Å². The van der Waals surface area contributed by atoms with Gasteiger partial charge in [0.2, 0.25) is 5.91 Å². The highest BCUT2D eigenvalue weighted by atomic mass is 16.5. The van der Waals surface area contributed by atoms with Gasteiger partial charge >= 0.3 is 0 Å². The lowest BCUT2D eigenvalue weighted by Gasteiger charge is -2.27. The van der Waals surface area contributed by atoms with Gasteiger partial charge in [-0.1, -0.05) is 24.3 Å². The fourth-order valence-electron chi connectivity index (χ4n) is 3.06. The second-order valence-corrected chi connectivity index (χ2v) is 6.16. The zero-order valence-corrected chi connectivity index (χ0v) is 13.4. The first-order valence-corrected chi connectivity index (χ1v) is 8.19. The van der Waals surface area contributed by atoms with Crippen LogP contribution >= 0.6 is 0 Å². The molecule has 2 N–H and O–H groups in total. The third kappa shape index (κ3) is 5.43. The fraction of sp³-hybridized carbons (Fsp3) is 0.611. The Morgan fingerprint density at radius 1 is 1.18 bits per heavy atom. The number of nitrogens with one attached hydrogen (secondary N) is 1. The number of rotatable bonds is 7. The highest BCUT2D eigenvalue weighted by molar-refractivity contribution is 5.76. The molecule has 0 aromatic heterocycles. The third-order valence-electron chi connectivity index (χ3n) is 4.54. The predicted molar refractivity (Wildman–Crippen MR) is 86.5 cm³/mol. The van der Waals surface area contributed by atoms with Gasteiger partial charge in [0.05, 0.1) is 12.7 Å². The molecule has 0 spiro atoms. The normalized spacial score (nSPS) is 21.5. The summed E-state index contributed by atoms with van der Waals surface area (Å²) in [7, 11) is 1.77. The molecule has 1 saturated carbocycles. The van der Waals surface area contributed by atoms with E-state index in [1.54, 1.807) is 7.11 Å². The molecular weight excluding hydrogens is 278 g/mol. The van der Waals surface area contributed by atoms with Gasteiger partial charge in [0.25, 0.3) is 0 Å². The summed E-state index contributed by atoms with van der Waals surface area (Å²) in [5.41, 5.74) is 2.09. The van der Waals surface area contributed by atoms with E-state index in [-0.39, 0.29) is 12.5 Å². The molecule has 2 rings (SSSR count). The van der Waals surface area contributed by atoms with E-state index in [0.717, 1.165) is 37.7 Å². The van der Waals surface area contributed by atoms with Crippen LogP contribution in [0.15, 0.2) is 24.3 Å². The first kappa shape index (κ1) is 17.0. The zero-order chi connectivity index (χ0) is 15.8. The van der Waals surface area contributed by atoms with Crippen LogP contribution in [0.5, 0.6) is 0 Å². The van der Waals surface area contributed by atoms with E-state index in [2.05, 4.69) is 5.32 Å². The van der Waals surface area contributed by atoms with Crippen LogP contribution in [0.25, 0.3) is 0 Å². The smallest absolute Gasteiger partial charge is 0.220 e. The topological polar surface area (TPSA) is 58.6 Å². The van der Waals surface area contributed by atoms with Crippen LogP contribution < -0.4 is 5.32 Å². The second kappa shape index (κ2) is 8.91. The highest BCUT2D eigenvalue weighted by Gasteiger charge is 2.22. The largest absolute Gasteiger partial charge is 0.392 e. The maximum absolute atomic E-state index is 12.0. The van der Waals surface area contributed by atoms with E-state index in [9.17, 15) is 4.79 Å². The molecule has 1 amide bonds. The minimum absolute atomic E-state index is 0.0718. The Morgan fingerprint density at radius 2 is 1.82 bits per heavy atom. The summed E-state index contributed by atoms with van der Waals surface area (Å²) in [5.74, 6) is 0.670. The number of methoxy groups -OCH3 is 1. The minimum Gasteiger partial charge on any atom is -0.392 e. The summed E-state index contributed by atoms with van der Waals surface area (Å²) in [6, 6.07) is 7.85. The number of hydrogen-bond acceptors (Lipinski definition) is 3. The number of benzene rings is 1. The maximum atomic E-state index is 12.0. The van der Waals surface area contributed by atoms with Crippen LogP contribution in [0, 0.1) is 5.92 Å². The van der Waals surface area contributed by atoms with E-state index >= 15 is 0 Å². The zero-order valence-electron chi connectivity index (χ0n) is 13.4. The van der Waals surface area contributed by atoms with Gasteiger partial charge < -0.3 is 15.2 Å². The predicted octanol–water partition coefficient (Wildman–Crippen LogP) is 2.43. The Morgan fingerprint density at radius 3 is 2.41 bits per heavy atom. The fourth-order valence-corrected chi connectivity index (χ4v) is 3.06. The van der Waals surface area contributed by atoms with Crippen molar-refractivity contribution in [2.24, 2.45) is 5.92 Å². The molecule has 0 heterocycles. The van der Waals surface area contributed by atoms with Gasteiger partial charge in [0.15, 0.2) is 0 Å². The average molecular weight is 305 g/mol. The van der Waals surface area contributed by atoms with Gasteiger partial charge in [-0.25, -0.2) is 0 Å². The molecule has 0 bridgehead atoms. The lowest BCUT2D eigenvalue weighted by atomic mass is 9.85. The van der Waals surface area contributed by atoms with Crippen LogP contribution in [0.1, 0.15) is 43.2 Å². The van der Waals surface area contributed by atoms with Gasteiger partial charge in [-0.15, -0.1) is 0 Å². The van der Waals surface area contributed by atoms with Crippen molar-refractivity contribution in [1.29, 1.82) is 0 Å². The summed E-state index contributed by atoms with van der Waals surface area (Å²) in [6.07, 6.45) is 6.19. The molecule has 4 nitrogen and oxygen atoms in total. The summed E-state index contributed by atoms with van der Waals surface area (Å²) in [5, 5.41) is 12.0. The Labute approximate surface area is 132 Å². The molecule has 1 aliphatic rings. The second-order valence-electron chi connectivity index (χ2n) is 6.16. The number of carbonyl (C=O) groups excluding carboxylic acids is 1. The van der Waals surface area contributed by atoms with Crippen molar-refractivity contribution in [2.75, 3.05) is 13.7 Å².